The van der Waals surface area contributed by atoms with Gasteiger partial charge in [0.15, 0.2) is 0 Å². The molecule has 1 heterocycles. The first-order valence-corrected chi connectivity index (χ1v) is 7.48. The minimum absolute atomic E-state index is 0. The van der Waals surface area contributed by atoms with Crippen molar-refractivity contribution >= 4 is 35.6 Å². The van der Waals surface area contributed by atoms with Crippen LogP contribution in [0.3, 0.4) is 0 Å². The zero-order valence-electron chi connectivity index (χ0n) is 13.3. The molecule has 0 aromatic heterocycles. The number of methoxy groups -OCH3 is 1. The van der Waals surface area contributed by atoms with Crippen LogP contribution >= 0.6 is 24.8 Å². The highest BCUT2D eigenvalue weighted by molar-refractivity contribution is 5.88. The number of fused-ring (bicyclic) bond motifs is 1. The number of piperazine rings is 1. The highest BCUT2D eigenvalue weighted by atomic mass is 35.5. The summed E-state index contributed by atoms with van der Waals surface area (Å²) >= 11 is 0. The Balaban J connectivity index is 0.00000132. The summed E-state index contributed by atoms with van der Waals surface area (Å²) in [6, 6.07) is 12.9. The van der Waals surface area contributed by atoms with Crippen LogP contribution in [-0.2, 0) is 0 Å². The van der Waals surface area contributed by atoms with E-state index < -0.39 is 0 Å². The van der Waals surface area contributed by atoms with Crippen molar-refractivity contribution in [3.8, 4) is 5.75 Å². The monoisotopic (exact) mass is 354 g/mol. The number of nitrogens with zero attached hydrogens (tertiary/aromatic N) is 1. The van der Waals surface area contributed by atoms with Gasteiger partial charge < -0.3 is 10.1 Å². The lowest BCUT2D eigenvalue weighted by Crippen LogP contribution is -2.44. The second-order valence-corrected chi connectivity index (χ2v) is 5.37. The van der Waals surface area contributed by atoms with Gasteiger partial charge in [0.1, 0.15) is 5.75 Å². The van der Waals surface area contributed by atoms with Crippen molar-refractivity contribution in [1.29, 1.82) is 0 Å². The van der Waals surface area contributed by atoms with Crippen molar-refractivity contribution in [2.24, 2.45) is 0 Å². The number of hydrogen-bond donors (Lipinski definition) is 1. The van der Waals surface area contributed by atoms with E-state index in [0.29, 0.717) is 0 Å². The van der Waals surface area contributed by atoms with Gasteiger partial charge in [0.05, 0.1) is 13.2 Å². The quantitative estimate of drug-likeness (QED) is 0.844. The molecule has 3 nitrogen and oxygen atoms in total. The summed E-state index contributed by atoms with van der Waals surface area (Å²) in [5.74, 6) is 0.942. The molecule has 23 heavy (non-hydrogen) atoms. The van der Waals surface area contributed by atoms with Crippen LogP contribution in [0, 0.1) is 0 Å². The second kappa shape index (κ2) is 9.14. The number of halogens is 2. The third kappa shape index (κ3) is 3.99. The van der Waals surface area contributed by atoms with E-state index in [1.54, 1.807) is 7.11 Å². The first-order valence-electron chi connectivity index (χ1n) is 7.48. The van der Waals surface area contributed by atoms with Gasteiger partial charge in [0.25, 0.3) is 0 Å². The molecule has 1 saturated heterocycles. The molecule has 0 aliphatic carbocycles. The van der Waals surface area contributed by atoms with Crippen molar-refractivity contribution in [3.05, 3.63) is 54.6 Å². The zero-order valence-corrected chi connectivity index (χ0v) is 15.0. The van der Waals surface area contributed by atoms with E-state index in [9.17, 15) is 0 Å². The van der Waals surface area contributed by atoms with E-state index in [1.807, 2.05) is 6.08 Å². The summed E-state index contributed by atoms with van der Waals surface area (Å²) in [6.07, 6.45) is 2.04. The van der Waals surface area contributed by atoms with Gasteiger partial charge in [-0.15, -0.1) is 31.4 Å². The van der Waals surface area contributed by atoms with Crippen molar-refractivity contribution in [3.63, 3.8) is 0 Å². The van der Waals surface area contributed by atoms with Crippen LogP contribution in [0.15, 0.2) is 49.1 Å². The maximum atomic E-state index is 5.64. The molecular weight excluding hydrogens is 331 g/mol. The summed E-state index contributed by atoms with van der Waals surface area (Å²) in [4.78, 5) is 2.47. The molecule has 2 aromatic rings. The molecule has 0 amide bonds. The van der Waals surface area contributed by atoms with Gasteiger partial charge in [-0.1, -0.05) is 36.4 Å². The van der Waals surface area contributed by atoms with Crippen LogP contribution in [0.25, 0.3) is 10.8 Å². The Bertz CT molecular complexity index is 642. The van der Waals surface area contributed by atoms with Crippen molar-refractivity contribution < 1.29 is 4.74 Å². The standard InChI is InChI=1S/C18H22N2O.2ClH/c1-3-16(20-12-10-19-11-13-20)18-15-7-5-4-6-14(15)8-9-17(18)21-2;;/h3-9,16,19H,1,10-13H2,2H3;2*1H/t16-;;/m1../s1. The summed E-state index contributed by atoms with van der Waals surface area (Å²) in [5, 5.41) is 5.90. The van der Waals surface area contributed by atoms with Crippen molar-refractivity contribution in [2.45, 2.75) is 6.04 Å². The summed E-state index contributed by atoms with van der Waals surface area (Å²) in [7, 11) is 1.74. The summed E-state index contributed by atoms with van der Waals surface area (Å²) in [5.41, 5.74) is 1.23. The van der Waals surface area contributed by atoms with E-state index in [4.69, 9.17) is 4.74 Å². The van der Waals surface area contributed by atoms with Gasteiger partial charge in [-0.25, -0.2) is 0 Å². The van der Waals surface area contributed by atoms with Gasteiger partial charge in [0.2, 0.25) is 0 Å². The fraction of sp³-hybridized carbons (Fsp3) is 0.333. The number of benzene rings is 2. The summed E-state index contributed by atoms with van der Waals surface area (Å²) < 4.78 is 5.64. The Kier molecular flexibility index (Phi) is 7.86. The van der Waals surface area contributed by atoms with Crippen LogP contribution in [0.4, 0.5) is 0 Å². The maximum absolute atomic E-state index is 5.64. The third-order valence-electron chi connectivity index (χ3n) is 4.21. The van der Waals surface area contributed by atoms with Crippen LogP contribution in [-0.4, -0.2) is 38.2 Å². The lowest BCUT2D eigenvalue weighted by atomic mass is 9.96. The molecule has 0 bridgehead atoms. The van der Waals surface area contributed by atoms with Crippen molar-refractivity contribution in [2.75, 3.05) is 33.3 Å². The molecule has 1 aliphatic rings. The topological polar surface area (TPSA) is 24.5 Å². The predicted octanol–water partition coefficient (Wildman–Crippen LogP) is 3.82. The first kappa shape index (κ1) is 19.8. The molecule has 1 N–H and O–H groups in total. The average Bonchev–Trinajstić information content (AvgIpc) is 2.56. The van der Waals surface area contributed by atoms with E-state index in [2.05, 4.69) is 53.2 Å². The van der Waals surface area contributed by atoms with Gasteiger partial charge in [-0.3, -0.25) is 4.90 Å². The molecule has 3 rings (SSSR count). The molecular formula is C18H24Cl2N2O. The van der Waals surface area contributed by atoms with E-state index in [0.717, 1.165) is 31.9 Å². The van der Waals surface area contributed by atoms with E-state index >= 15 is 0 Å². The van der Waals surface area contributed by atoms with E-state index in [-0.39, 0.29) is 30.9 Å². The predicted molar refractivity (Wildman–Crippen MR) is 102 cm³/mol. The fourth-order valence-corrected chi connectivity index (χ4v) is 3.17. The Morgan fingerprint density at radius 1 is 1.13 bits per heavy atom. The number of nitrogens with one attached hydrogen (secondary N) is 1. The molecule has 0 spiro atoms. The van der Waals surface area contributed by atoms with Crippen LogP contribution in [0.1, 0.15) is 11.6 Å². The molecule has 0 radical (unpaired) electrons. The van der Waals surface area contributed by atoms with Gasteiger partial charge in [0, 0.05) is 31.7 Å². The fourth-order valence-electron chi connectivity index (χ4n) is 3.17. The number of rotatable bonds is 4. The highest BCUT2D eigenvalue weighted by Crippen LogP contribution is 2.36. The van der Waals surface area contributed by atoms with Crippen LogP contribution < -0.4 is 10.1 Å². The second-order valence-electron chi connectivity index (χ2n) is 5.37. The molecule has 2 aromatic carbocycles. The lowest BCUT2D eigenvalue weighted by molar-refractivity contribution is 0.201. The summed E-state index contributed by atoms with van der Waals surface area (Å²) in [6.45, 7) is 8.19. The Labute approximate surface area is 150 Å². The Morgan fingerprint density at radius 2 is 1.83 bits per heavy atom. The van der Waals surface area contributed by atoms with Gasteiger partial charge >= 0.3 is 0 Å². The molecule has 5 heteroatoms. The number of ether oxygens (including phenoxy) is 1. The normalized spacial score (nSPS) is 16.0. The molecule has 126 valence electrons. The largest absolute Gasteiger partial charge is 0.496 e. The zero-order chi connectivity index (χ0) is 14.7. The smallest absolute Gasteiger partial charge is 0.124 e. The Morgan fingerprint density at radius 3 is 2.48 bits per heavy atom. The molecule has 0 saturated carbocycles. The van der Waals surface area contributed by atoms with Crippen LogP contribution in [0.5, 0.6) is 5.75 Å². The first-order chi connectivity index (χ1) is 10.3. The van der Waals surface area contributed by atoms with Gasteiger partial charge in [-0.2, -0.15) is 0 Å². The lowest BCUT2D eigenvalue weighted by Gasteiger charge is -2.34. The average molecular weight is 355 g/mol. The van der Waals surface area contributed by atoms with E-state index in [1.165, 1.54) is 16.3 Å². The minimum Gasteiger partial charge on any atom is -0.496 e. The number of hydrogen-bond acceptors (Lipinski definition) is 3. The van der Waals surface area contributed by atoms with Crippen molar-refractivity contribution in [1.82, 2.24) is 10.2 Å². The molecule has 1 fully saturated rings. The molecule has 1 atom stereocenters. The highest BCUT2D eigenvalue weighted by Gasteiger charge is 2.24. The maximum Gasteiger partial charge on any atom is 0.124 e. The minimum atomic E-state index is 0. The van der Waals surface area contributed by atoms with Gasteiger partial charge in [-0.05, 0) is 16.8 Å². The van der Waals surface area contributed by atoms with Crippen LogP contribution in [0.2, 0.25) is 0 Å². The third-order valence-corrected chi connectivity index (χ3v) is 4.21. The molecule has 1 aliphatic heterocycles. The SMILES string of the molecule is C=C[C@H](c1c(OC)ccc2ccccc12)N1CCNCC1.Cl.Cl. The Hall–Kier alpha value is -1.26. The molecule has 0 unspecified atom stereocenters.